The summed E-state index contributed by atoms with van der Waals surface area (Å²) in [7, 11) is 0. The quantitative estimate of drug-likeness (QED) is 0.434. The number of carboxylic acids is 1. The normalized spacial score (nSPS) is 11.5. The highest BCUT2D eigenvalue weighted by Gasteiger charge is 2.31. The van der Waals surface area contributed by atoms with Gasteiger partial charge in [0.05, 0.1) is 6.42 Å². The monoisotopic (exact) mass is 457 g/mol. The number of halogens is 3. The van der Waals surface area contributed by atoms with Gasteiger partial charge in [-0.05, 0) is 72.5 Å². The van der Waals surface area contributed by atoms with Crippen molar-refractivity contribution < 1.29 is 32.5 Å². The van der Waals surface area contributed by atoms with Crippen LogP contribution >= 0.6 is 0 Å². The van der Waals surface area contributed by atoms with E-state index < -0.39 is 17.8 Å². The third-order valence-corrected chi connectivity index (χ3v) is 4.52. The van der Waals surface area contributed by atoms with Crippen molar-refractivity contribution in [1.82, 2.24) is 4.98 Å². The highest BCUT2D eigenvalue weighted by Crippen LogP contribution is 2.33. The molecule has 5 nitrogen and oxygen atoms in total. The minimum absolute atomic E-state index is 0.112. The maximum Gasteiger partial charge on any atom is 0.433 e. The zero-order chi connectivity index (χ0) is 24.0. The fourth-order valence-electron chi connectivity index (χ4n) is 3.09. The van der Waals surface area contributed by atoms with Gasteiger partial charge < -0.3 is 14.6 Å². The molecule has 3 aromatic rings. The van der Waals surface area contributed by atoms with Crippen molar-refractivity contribution >= 4 is 12.0 Å². The number of carboxylic acid groups (broad SMARTS) is 1. The van der Waals surface area contributed by atoms with E-state index in [9.17, 15) is 18.0 Å². The van der Waals surface area contributed by atoms with Gasteiger partial charge in [-0.2, -0.15) is 13.2 Å². The maximum absolute atomic E-state index is 12.6. The van der Waals surface area contributed by atoms with Crippen molar-refractivity contribution in [1.29, 1.82) is 0 Å². The van der Waals surface area contributed by atoms with E-state index >= 15 is 0 Å². The average Bonchev–Trinajstić information content (AvgIpc) is 2.72. The van der Waals surface area contributed by atoms with Gasteiger partial charge in [0.25, 0.3) is 0 Å². The first-order chi connectivity index (χ1) is 15.6. The van der Waals surface area contributed by atoms with E-state index in [1.165, 1.54) is 6.07 Å². The molecule has 0 amide bonds. The molecule has 0 bridgehead atoms. The molecule has 1 N–H and O–H groups in total. The number of aliphatic carboxylic acids is 1. The van der Waals surface area contributed by atoms with E-state index in [1.54, 1.807) is 42.5 Å². The highest BCUT2D eigenvalue weighted by molar-refractivity contribution is 5.70. The van der Waals surface area contributed by atoms with Crippen LogP contribution in [0.4, 0.5) is 13.2 Å². The summed E-state index contributed by atoms with van der Waals surface area (Å²) >= 11 is 0. The van der Waals surface area contributed by atoms with Gasteiger partial charge in [-0.1, -0.05) is 24.3 Å². The van der Waals surface area contributed by atoms with Crippen molar-refractivity contribution in [2.75, 3.05) is 6.61 Å². The predicted octanol–water partition coefficient (Wildman–Crippen LogP) is 6.23. The Morgan fingerprint density at radius 1 is 1.03 bits per heavy atom. The van der Waals surface area contributed by atoms with Crippen molar-refractivity contribution in [3.05, 3.63) is 88.8 Å². The molecule has 1 aromatic heterocycles. The smallest absolute Gasteiger partial charge is 0.433 e. The number of ether oxygens (including phenoxy) is 2. The van der Waals surface area contributed by atoms with Crippen LogP contribution in [0, 0.1) is 13.8 Å². The number of rotatable bonds is 8. The molecule has 3 rings (SSSR count). The number of benzene rings is 2. The van der Waals surface area contributed by atoms with Crippen LogP contribution < -0.4 is 9.47 Å². The van der Waals surface area contributed by atoms with E-state index in [0.29, 0.717) is 28.4 Å². The second kappa shape index (κ2) is 10.2. The summed E-state index contributed by atoms with van der Waals surface area (Å²) in [4.78, 5) is 14.4. The van der Waals surface area contributed by atoms with Gasteiger partial charge in [0.15, 0.2) is 11.5 Å². The first-order valence-corrected chi connectivity index (χ1v) is 10.0. The Morgan fingerprint density at radius 2 is 1.82 bits per heavy atom. The molecule has 0 radical (unpaired) electrons. The molecule has 0 aliphatic heterocycles. The van der Waals surface area contributed by atoms with Gasteiger partial charge in [0.1, 0.15) is 18.1 Å². The molecule has 2 aromatic carbocycles. The summed E-state index contributed by atoms with van der Waals surface area (Å²) in [6, 6.07) is 12.9. The Hall–Kier alpha value is -3.81. The molecule has 0 saturated heterocycles. The third kappa shape index (κ3) is 7.10. The zero-order valence-corrected chi connectivity index (χ0v) is 18.0. The lowest BCUT2D eigenvalue weighted by Crippen LogP contribution is -2.07. The Bertz CT molecular complexity index is 1160. The first kappa shape index (κ1) is 23.8. The van der Waals surface area contributed by atoms with Crippen LogP contribution in [0.25, 0.3) is 6.08 Å². The molecule has 0 aliphatic carbocycles. The molecular formula is C25H22F3NO4. The van der Waals surface area contributed by atoms with Crippen molar-refractivity contribution in [3.63, 3.8) is 0 Å². The minimum atomic E-state index is -4.47. The molecule has 0 aliphatic rings. The molecule has 0 atom stereocenters. The lowest BCUT2D eigenvalue weighted by Gasteiger charge is -2.14. The van der Waals surface area contributed by atoms with E-state index in [-0.39, 0.29) is 13.0 Å². The van der Waals surface area contributed by atoms with Gasteiger partial charge in [-0.15, -0.1) is 0 Å². The van der Waals surface area contributed by atoms with Gasteiger partial charge in [-0.3, -0.25) is 9.78 Å². The fourth-order valence-corrected chi connectivity index (χ4v) is 3.09. The van der Waals surface area contributed by atoms with Crippen LogP contribution in [0.1, 0.15) is 27.9 Å². The fraction of sp³-hybridized carbons (Fsp3) is 0.200. The summed E-state index contributed by atoms with van der Waals surface area (Å²) in [6.07, 6.45) is -0.166. The van der Waals surface area contributed by atoms with Crippen LogP contribution in [-0.4, -0.2) is 22.7 Å². The van der Waals surface area contributed by atoms with Crippen LogP contribution in [0.5, 0.6) is 17.2 Å². The number of pyridine rings is 1. The van der Waals surface area contributed by atoms with E-state index in [2.05, 4.69) is 4.98 Å². The zero-order valence-electron chi connectivity index (χ0n) is 18.0. The summed E-state index contributed by atoms with van der Waals surface area (Å²) < 4.78 is 49.6. The standard InChI is InChI=1S/C25H22F3NO4/c1-16-5-7-21(33-20-11-17(2)10-19(13-20)14-24(30)31)22(12-16)32-9-3-4-18-6-8-23(29-15-18)25(26,27)28/h3-8,10-13,15H,9,14H2,1-2H3,(H,30,31)/b4-3+. The van der Waals surface area contributed by atoms with Gasteiger partial charge >= 0.3 is 12.1 Å². The van der Waals surface area contributed by atoms with Gasteiger partial charge in [0, 0.05) is 6.20 Å². The molecule has 0 fully saturated rings. The Morgan fingerprint density at radius 3 is 2.48 bits per heavy atom. The van der Waals surface area contributed by atoms with Gasteiger partial charge in [-0.25, -0.2) is 0 Å². The van der Waals surface area contributed by atoms with Crippen LogP contribution in [-0.2, 0) is 17.4 Å². The van der Waals surface area contributed by atoms with Gasteiger partial charge in [0.2, 0.25) is 0 Å². The number of hydrogen-bond acceptors (Lipinski definition) is 4. The summed E-state index contributed by atoms with van der Waals surface area (Å²) in [5, 5.41) is 9.04. The molecule has 1 heterocycles. The largest absolute Gasteiger partial charge is 0.486 e. The summed E-state index contributed by atoms with van der Waals surface area (Å²) in [5.41, 5.74) is 2.01. The molecule has 0 saturated carbocycles. The maximum atomic E-state index is 12.6. The van der Waals surface area contributed by atoms with Crippen LogP contribution in [0.2, 0.25) is 0 Å². The second-order valence-electron chi connectivity index (χ2n) is 7.46. The average molecular weight is 457 g/mol. The summed E-state index contributed by atoms with van der Waals surface area (Å²) in [6.45, 7) is 3.91. The van der Waals surface area contributed by atoms with Crippen molar-refractivity contribution in [2.45, 2.75) is 26.4 Å². The van der Waals surface area contributed by atoms with E-state index in [0.717, 1.165) is 23.4 Å². The lowest BCUT2D eigenvalue weighted by atomic mass is 10.1. The molecule has 33 heavy (non-hydrogen) atoms. The second-order valence-corrected chi connectivity index (χ2v) is 7.46. The molecule has 8 heteroatoms. The van der Waals surface area contributed by atoms with E-state index in [4.69, 9.17) is 14.6 Å². The minimum Gasteiger partial charge on any atom is -0.486 e. The molecule has 0 unspecified atom stereocenters. The number of aromatic nitrogens is 1. The van der Waals surface area contributed by atoms with Crippen molar-refractivity contribution in [3.8, 4) is 17.2 Å². The lowest BCUT2D eigenvalue weighted by molar-refractivity contribution is -0.141. The molecular weight excluding hydrogens is 435 g/mol. The van der Waals surface area contributed by atoms with Crippen LogP contribution in [0.15, 0.2) is 60.8 Å². The first-order valence-electron chi connectivity index (χ1n) is 10.0. The molecule has 0 spiro atoms. The summed E-state index contributed by atoms with van der Waals surface area (Å²) in [5.74, 6) is 0.496. The Balaban J connectivity index is 1.70. The molecule has 172 valence electrons. The van der Waals surface area contributed by atoms with Crippen LogP contribution in [0.3, 0.4) is 0 Å². The highest BCUT2D eigenvalue weighted by atomic mass is 19.4. The number of alkyl halides is 3. The predicted molar refractivity (Wildman–Crippen MR) is 118 cm³/mol. The number of nitrogens with zero attached hydrogens (tertiary/aromatic N) is 1. The van der Waals surface area contributed by atoms with E-state index in [1.807, 2.05) is 19.9 Å². The topological polar surface area (TPSA) is 68.7 Å². The Kier molecular flexibility index (Phi) is 7.37. The number of aryl methyl sites for hydroxylation is 2. The SMILES string of the molecule is Cc1cc(CC(=O)O)cc(Oc2ccc(C)cc2OC/C=C/c2ccc(C(F)(F)F)nc2)c1. The number of carbonyl (C=O) groups is 1. The third-order valence-electron chi connectivity index (χ3n) is 4.52. The van der Waals surface area contributed by atoms with Crippen molar-refractivity contribution in [2.24, 2.45) is 0 Å². The Labute approximate surface area is 189 Å². The number of hydrogen-bond donors (Lipinski definition) is 1.